The highest BCUT2D eigenvalue weighted by Gasteiger charge is 2.15. The smallest absolute Gasteiger partial charge is 0.274 e. The molecule has 1 saturated heterocycles. The summed E-state index contributed by atoms with van der Waals surface area (Å²) < 4.78 is 0. The van der Waals surface area contributed by atoms with Gasteiger partial charge in [0.2, 0.25) is 0 Å². The molecule has 1 aromatic heterocycles. The zero-order valence-corrected chi connectivity index (χ0v) is 13.9. The molecule has 1 aromatic carbocycles. The van der Waals surface area contributed by atoms with Gasteiger partial charge in [0, 0.05) is 35.7 Å². The molecule has 0 saturated carbocycles. The van der Waals surface area contributed by atoms with Crippen LogP contribution in [0.15, 0.2) is 36.5 Å². The maximum absolute atomic E-state index is 12.5. The maximum atomic E-state index is 12.5. The Morgan fingerprint density at radius 1 is 1.22 bits per heavy atom. The van der Waals surface area contributed by atoms with Crippen molar-refractivity contribution in [2.75, 3.05) is 23.3 Å². The van der Waals surface area contributed by atoms with Gasteiger partial charge in [-0.05, 0) is 56.0 Å². The van der Waals surface area contributed by atoms with E-state index in [1.165, 1.54) is 19.3 Å². The highest BCUT2D eigenvalue weighted by atomic mass is 35.5. The van der Waals surface area contributed by atoms with Crippen molar-refractivity contribution in [3.05, 3.63) is 52.8 Å². The number of benzene rings is 1. The number of halogens is 1. The van der Waals surface area contributed by atoms with Crippen LogP contribution >= 0.6 is 11.6 Å². The van der Waals surface area contributed by atoms with E-state index in [-0.39, 0.29) is 5.91 Å². The first-order valence-electron chi connectivity index (χ1n) is 7.92. The Morgan fingerprint density at radius 3 is 2.78 bits per heavy atom. The molecule has 2 heterocycles. The fourth-order valence-corrected chi connectivity index (χ4v) is 3.00. The van der Waals surface area contributed by atoms with E-state index in [9.17, 15) is 4.79 Å². The third kappa shape index (κ3) is 3.64. The minimum Gasteiger partial charge on any atom is -0.371 e. The summed E-state index contributed by atoms with van der Waals surface area (Å²) in [6.07, 6.45) is 5.38. The summed E-state index contributed by atoms with van der Waals surface area (Å²) in [7, 11) is 0. The van der Waals surface area contributed by atoms with E-state index >= 15 is 0 Å². The molecule has 4 nitrogen and oxygen atoms in total. The molecule has 1 aliphatic rings. The molecular weight excluding hydrogens is 310 g/mol. The molecule has 0 aliphatic carbocycles. The van der Waals surface area contributed by atoms with Crippen LogP contribution in [0, 0.1) is 6.92 Å². The number of amides is 1. The summed E-state index contributed by atoms with van der Waals surface area (Å²) >= 11 is 6.10. The zero-order valence-electron chi connectivity index (χ0n) is 13.2. The van der Waals surface area contributed by atoms with E-state index < -0.39 is 0 Å². The van der Waals surface area contributed by atoms with Crippen molar-refractivity contribution in [1.82, 2.24) is 4.98 Å². The van der Waals surface area contributed by atoms with Crippen LogP contribution in [0.5, 0.6) is 0 Å². The number of nitrogens with zero attached hydrogens (tertiary/aromatic N) is 2. The molecule has 3 rings (SSSR count). The number of carbonyl (C=O) groups excluding carboxylic acids is 1. The van der Waals surface area contributed by atoms with Crippen molar-refractivity contribution in [3.8, 4) is 0 Å². The summed E-state index contributed by atoms with van der Waals surface area (Å²) in [4.78, 5) is 19.0. The zero-order chi connectivity index (χ0) is 16.2. The van der Waals surface area contributed by atoms with Gasteiger partial charge in [-0.1, -0.05) is 17.7 Å². The van der Waals surface area contributed by atoms with Crippen molar-refractivity contribution in [3.63, 3.8) is 0 Å². The molecule has 1 fully saturated rings. The van der Waals surface area contributed by atoms with Crippen molar-refractivity contribution in [2.24, 2.45) is 0 Å². The monoisotopic (exact) mass is 329 g/mol. The summed E-state index contributed by atoms with van der Waals surface area (Å²) in [5, 5.41) is 3.53. The van der Waals surface area contributed by atoms with Crippen molar-refractivity contribution >= 4 is 28.9 Å². The van der Waals surface area contributed by atoms with Crippen LogP contribution in [-0.4, -0.2) is 24.0 Å². The summed E-state index contributed by atoms with van der Waals surface area (Å²) in [6, 6.07) is 9.30. The first-order valence-corrected chi connectivity index (χ1v) is 8.30. The normalized spacial score (nSPS) is 14.6. The second-order valence-corrected chi connectivity index (χ2v) is 6.22. The average molecular weight is 330 g/mol. The SMILES string of the molecule is Cc1c(Cl)cccc1NC(=O)c1cc(N2CCCCC2)ccn1. The summed E-state index contributed by atoms with van der Waals surface area (Å²) in [5.41, 5.74) is 3.06. The van der Waals surface area contributed by atoms with Crippen LogP contribution in [0.3, 0.4) is 0 Å². The number of aromatic nitrogens is 1. The molecule has 23 heavy (non-hydrogen) atoms. The van der Waals surface area contributed by atoms with Crippen LogP contribution < -0.4 is 10.2 Å². The predicted octanol–water partition coefficient (Wildman–Crippen LogP) is 4.29. The van der Waals surface area contributed by atoms with E-state index in [1.807, 2.05) is 37.3 Å². The lowest BCUT2D eigenvalue weighted by molar-refractivity contribution is 0.102. The summed E-state index contributed by atoms with van der Waals surface area (Å²) in [6.45, 7) is 3.96. The molecule has 0 radical (unpaired) electrons. The van der Waals surface area contributed by atoms with E-state index in [0.717, 1.165) is 24.3 Å². The number of hydrogen-bond acceptors (Lipinski definition) is 3. The highest BCUT2D eigenvalue weighted by molar-refractivity contribution is 6.31. The van der Waals surface area contributed by atoms with E-state index in [0.29, 0.717) is 16.4 Å². The number of piperidine rings is 1. The average Bonchev–Trinajstić information content (AvgIpc) is 2.60. The van der Waals surface area contributed by atoms with Crippen molar-refractivity contribution in [1.29, 1.82) is 0 Å². The first kappa shape index (κ1) is 15.8. The lowest BCUT2D eigenvalue weighted by Crippen LogP contribution is -2.29. The molecule has 0 unspecified atom stereocenters. The predicted molar refractivity (Wildman–Crippen MR) is 94.4 cm³/mol. The van der Waals surface area contributed by atoms with Crippen LogP contribution in [0.25, 0.3) is 0 Å². The van der Waals surface area contributed by atoms with Gasteiger partial charge in [-0.15, -0.1) is 0 Å². The van der Waals surface area contributed by atoms with Gasteiger partial charge in [0.05, 0.1) is 0 Å². The van der Waals surface area contributed by atoms with Crippen LogP contribution in [0.4, 0.5) is 11.4 Å². The van der Waals surface area contributed by atoms with E-state index in [4.69, 9.17) is 11.6 Å². The van der Waals surface area contributed by atoms with Gasteiger partial charge in [-0.2, -0.15) is 0 Å². The Balaban J connectivity index is 1.78. The third-order valence-electron chi connectivity index (χ3n) is 4.21. The molecular formula is C18H20ClN3O. The number of pyridine rings is 1. The number of anilines is 2. The van der Waals surface area contributed by atoms with E-state index in [1.54, 1.807) is 6.20 Å². The van der Waals surface area contributed by atoms with Crippen molar-refractivity contribution in [2.45, 2.75) is 26.2 Å². The molecule has 0 bridgehead atoms. The Kier molecular flexibility index (Phi) is 4.82. The molecule has 1 aliphatic heterocycles. The van der Waals surface area contributed by atoms with Gasteiger partial charge in [-0.3, -0.25) is 9.78 Å². The van der Waals surface area contributed by atoms with Gasteiger partial charge >= 0.3 is 0 Å². The summed E-state index contributed by atoms with van der Waals surface area (Å²) in [5.74, 6) is -0.214. The number of hydrogen-bond donors (Lipinski definition) is 1. The van der Waals surface area contributed by atoms with Gasteiger partial charge in [0.15, 0.2) is 0 Å². The fraction of sp³-hybridized carbons (Fsp3) is 0.333. The second-order valence-electron chi connectivity index (χ2n) is 5.81. The van der Waals surface area contributed by atoms with Gasteiger partial charge in [0.1, 0.15) is 5.69 Å². The highest BCUT2D eigenvalue weighted by Crippen LogP contribution is 2.24. The molecule has 0 atom stereocenters. The third-order valence-corrected chi connectivity index (χ3v) is 4.62. The van der Waals surface area contributed by atoms with Crippen molar-refractivity contribution < 1.29 is 4.79 Å². The Morgan fingerprint density at radius 2 is 2.00 bits per heavy atom. The molecule has 120 valence electrons. The molecule has 5 heteroatoms. The molecule has 1 N–H and O–H groups in total. The minimum absolute atomic E-state index is 0.214. The van der Waals surface area contributed by atoms with Gasteiger partial charge in [-0.25, -0.2) is 0 Å². The lowest BCUT2D eigenvalue weighted by Gasteiger charge is -2.28. The standard InChI is InChI=1S/C18H20ClN3O/c1-13-15(19)6-5-7-16(13)21-18(23)17-12-14(8-9-20-17)22-10-3-2-4-11-22/h5-9,12H,2-4,10-11H2,1H3,(H,21,23). The fourth-order valence-electron chi connectivity index (χ4n) is 2.82. The Bertz CT molecular complexity index is 711. The lowest BCUT2D eigenvalue weighted by atomic mass is 10.1. The van der Waals surface area contributed by atoms with Crippen LogP contribution in [-0.2, 0) is 0 Å². The number of carbonyl (C=O) groups is 1. The minimum atomic E-state index is -0.214. The van der Waals surface area contributed by atoms with Gasteiger partial charge in [0.25, 0.3) is 5.91 Å². The quantitative estimate of drug-likeness (QED) is 0.913. The largest absolute Gasteiger partial charge is 0.371 e. The molecule has 1 amide bonds. The molecule has 0 spiro atoms. The Labute approximate surface area is 141 Å². The van der Waals surface area contributed by atoms with Crippen LogP contribution in [0.1, 0.15) is 35.3 Å². The number of nitrogens with one attached hydrogen (secondary N) is 1. The van der Waals surface area contributed by atoms with Crippen LogP contribution in [0.2, 0.25) is 5.02 Å². The topological polar surface area (TPSA) is 45.2 Å². The molecule has 2 aromatic rings. The van der Waals surface area contributed by atoms with Gasteiger partial charge < -0.3 is 10.2 Å². The Hall–Kier alpha value is -2.07. The number of rotatable bonds is 3. The first-order chi connectivity index (χ1) is 11.1. The second kappa shape index (κ2) is 7.01. The van der Waals surface area contributed by atoms with E-state index in [2.05, 4.69) is 15.2 Å². The maximum Gasteiger partial charge on any atom is 0.274 e.